The maximum atomic E-state index is 13.6. The second-order valence-corrected chi connectivity index (χ2v) is 4.50. The first-order chi connectivity index (χ1) is 9.06. The standard InChI is InChI=1S/C14H20F2N2O/c1-2-3-4-5-6-9-18(14(17)19)13-8-7-11(15)10-12(13)16/h7-8,10H,2-6,9H2,1H3,(H2,17,19). The third kappa shape index (κ3) is 4.85. The summed E-state index contributed by atoms with van der Waals surface area (Å²) in [4.78, 5) is 12.5. The van der Waals surface area contributed by atoms with Crippen LogP contribution in [-0.2, 0) is 0 Å². The largest absolute Gasteiger partial charge is 0.351 e. The highest BCUT2D eigenvalue weighted by Crippen LogP contribution is 2.20. The molecule has 0 fully saturated rings. The van der Waals surface area contributed by atoms with Gasteiger partial charge in [0.1, 0.15) is 11.6 Å². The lowest BCUT2D eigenvalue weighted by Gasteiger charge is -2.21. The van der Waals surface area contributed by atoms with Gasteiger partial charge in [-0.15, -0.1) is 0 Å². The Balaban J connectivity index is 2.64. The first-order valence-electron chi connectivity index (χ1n) is 6.58. The number of urea groups is 1. The van der Waals surface area contributed by atoms with Crippen LogP contribution in [0.3, 0.4) is 0 Å². The molecule has 1 aromatic carbocycles. The zero-order chi connectivity index (χ0) is 14.3. The molecule has 3 nitrogen and oxygen atoms in total. The van der Waals surface area contributed by atoms with E-state index in [9.17, 15) is 13.6 Å². The third-order valence-corrected chi connectivity index (χ3v) is 2.95. The molecular weight excluding hydrogens is 250 g/mol. The molecule has 0 heterocycles. The van der Waals surface area contributed by atoms with Gasteiger partial charge in [-0.25, -0.2) is 13.6 Å². The minimum absolute atomic E-state index is 0.0318. The van der Waals surface area contributed by atoms with Crippen LogP contribution in [-0.4, -0.2) is 12.6 Å². The van der Waals surface area contributed by atoms with Crippen LogP contribution in [0.2, 0.25) is 0 Å². The number of halogens is 2. The van der Waals surface area contributed by atoms with E-state index in [1.54, 1.807) is 0 Å². The highest BCUT2D eigenvalue weighted by atomic mass is 19.1. The molecule has 0 aromatic heterocycles. The van der Waals surface area contributed by atoms with E-state index in [0.29, 0.717) is 6.54 Å². The van der Waals surface area contributed by atoms with Gasteiger partial charge in [-0.1, -0.05) is 32.6 Å². The highest BCUT2D eigenvalue weighted by Gasteiger charge is 2.16. The zero-order valence-electron chi connectivity index (χ0n) is 11.2. The van der Waals surface area contributed by atoms with Crippen LogP contribution < -0.4 is 10.6 Å². The Morgan fingerprint density at radius 2 is 1.89 bits per heavy atom. The molecule has 19 heavy (non-hydrogen) atoms. The number of nitrogens with zero attached hydrogens (tertiary/aromatic N) is 1. The number of hydrogen-bond donors (Lipinski definition) is 1. The van der Waals surface area contributed by atoms with Gasteiger partial charge in [-0.05, 0) is 18.6 Å². The van der Waals surface area contributed by atoms with Gasteiger partial charge >= 0.3 is 6.03 Å². The molecule has 106 valence electrons. The van der Waals surface area contributed by atoms with E-state index in [0.717, 1.165) is 49.1 Å². The minimum atomic E-state index is -0.771. The van der Waals surface area contributed by atoms with Crippen molar-refractivity contribution in [1.29, 1.82) is 0 Å². The summed E-state index contributed by atoms with van der Waals surface area (Å²) in [7, 11) is 0. The summed E-state index contributed by atoms with van der Waals surface area (Å²) in [6.07, 6.45) is 5.06. The monoisotopic (exact) mass is 270 g/mol. The van der Waals surface area contributed by atoms with Crippen LogP contribution in [0.15, 0.2) is 18.2 Å². The fraction of sp³-hybridized carbons (Fsp3) is 0.500. The molecule has 0 saturated heterocycles. The molecule has 0 aliphatic heterocycles. The molecule has 1 aromatic rings. The molecule has 0 bridgehead atoms. The van der Waals surface area contributed by atoms with Gasteiger partial charge in [-0.2, -0.15) is 0 Å². The second-order valence-electron chi connectivity index (χ2n) is 4.50. The quantitative estimate of drug-likeness (QED) is 0.752. The summed E-state index contributed by atoms with van der Waals surface area (Å²) in [6.45, 7) is 2.46. The second kappa shape index (κ2) is 7.71. The Morgan fingerprint density at radius 1 is 1.21 bits per heavy atom. The summed E-state index contributed by atoms with van der Waals surface area (Å²) in [5, 5.41) is 0. The van der Waals surface area contributed by atoms with Gasteiger partial charge < -0.3 is 5.73 Å². The Morgan fingerprint density at radius 3 is 2.47 bits per heavy atom. The van der Waals surface area contributed by atoms with E-state index in [2.05, 4.69) is 6.92 Å². The molecule has 0 saturated carbocycles. The number of unbranched alkanes of at least 4 members (excludes halogenated alkanes) is 4. The SMILES string of the molecule is CCCCCCCN(C(N)=O)c1ccc(F)cc1F. The van der Waals surface area contributed by atoms with Gasteiger partial charge in [0.05, 0.1) is 5.69 Å². The molecule has 0 radical (unpaired) electrons. The molecule has 0 atom stereocenters. The van der Waals surface area contributed by atoms with Crippen LogP contribution in [0.4, 0.5) is 19.3 Å². The molecule has 0 aliphatic rings. The number of carbonyl (C=O) groups excluding carboxylic acids is 1. The summed E-state index contributed by atoms with van der Waals surface area (Å²) >= 11 is 0. The van der Waals surface area contributed by atoms with E-state index >= 15 is 0 Å². The molecule has 0 spiro atoms. The minimum Gasteiger partial charge on any atom is -0.351 e. The number of anilines is 1. The average Bonchev–Trinajstić information content (AvgIpc) is 2.35. The Hall–Kier alpha value is -1.65. The third-order valence-electron chi connectivity index (χ3n) is 2.95. The van der Waals surface area contributed by atoms with Crippen molar-refractivity contribution >= 4 is 11.7 Å². The van der Waals surface area contributed by atoms with E-state index in [-0.39, 0.29) is 5.69 Å². The van der Waals surface area contributed by atoms with Gasteiger partial charge in [0.2, 0.25) is 0 Å². The van der Waals surface area contributed by atoms with Gasteiger partial charge in [0.15, 0.2) is 0 Å². The van der Waals surface area contributed by atoms with Crippen LogP contribution in [0, 0.1) is 11.6 Å². The number of carbonyl (C=O) groups is 1. The van der Waals surface area contributed by atoms with Crippen LogP contribution in [0.5, 0.6) is 0 Å². The number of amides is 2. The first kappa shape index (κ1) is 15.4. The maximum Gasteiger partial charge on any atom is 0.319 e. The van der Waals surface area contributed by atoms with E-state index < -0.39 is 17.7 Å². The molecule has 2 amide bonds. The Bertz CT molecular complexity index is 424. The first-order valence-corrected chi connectivity index (χ1v) is 6.58. The maximum absolute atomic E-state index is 13.6. The van der Waals surface area contributed by atoms with Crippen molar-refractivity contribution in [3.63, 3.8) is 0 Å². The fourth-order valence-corrected chi connectivity index (χ4v) is 1.92. The zero-order valence-corrected chi connectivity index (χ0v) is 11.2. The summed E-state index contributed by atoms with van der Waals surface area (Å²) < 4.78 is 26.4. The highest BCUT2D eigenvalue weighted by molar-refractivity contribution is 5.90. The van der Waals surface area contributed by atoms with E-state index in [1.807, 2.05) is 0 Å². The van der Waals surface area contributed by atoms with Crippen LogP contribution in [0.1, 0.15) is 39.0 Å². The predicted molar refractivity (Wildman–Crippen MR) is 72.0 cm³/mol. The van der Waals surface area contributed by atoms with Crippen LogP contribution >= 0.6 is 0 Å². The predicted octanol–water partition coefficient (Wildman–Crippen LogP) is 3.82. The molecule has 0 unspecified atom stereocenters. The molecule has 2 N–H and O–H groups in total. The van der Waals surface area contributed by atoms with Gasteiger partial charge in [0.25, 0.3) is 0 Å². The number of primary amides is 1. The van der Waals surface area contributed by atoms with Crippen LogP contribution in [0.25, 0.3) is 0 Å². The van der Waals surface area contributed by atoms with Gasteiger partial charge in [-0.3, -0.25) is 4.90 Å². The van der Waals surface area contributed by atoms with Crippen molar-refractivity contribution in [3.8, 4) is 0 Å². The van der Waals surface area contributed by atoms with Crippen molar-refractivity contribution in [2.24, 2.45) is 5.73 Å². The van der Waals surface area contributed by atoms with E-state index in [4.69, 9.17) is 5.73 Å². The molecule has 0 aliphatic carbocycles. The Labute approximate surface area is 112 Å². The Kier molecular flexibility index (Phi) is 6.25. The number of benzene rings is 1. The molecule has 1 rings (SSSR count). The fourth-order valence-electron chi connectivity index (χ4n) is 1.92. The van der Waals surface area contributed by atoms with E-state index in [1.165, 1.54) is 6.07 Å². The molecular formula is C14H20F2N2O. The lowest BCUT2D eigenvalue weighted by atomic mass is 10.1. The lowest BCUT2D eigenvalue weighted by Crippen LogP contribution is -2.37. The van der Waals surface area contributed by atoms with Crippen molar-refractivity contribution < 1.29 is 13.6 Å². The average molecular weight is 270 g/mol. The van der Waals surface area contributed by atoms with Crippen molar-refractivity contribution in [1.82, 2.24) is 0 Å². The van der Waals surface area contributed by atoms with Gasteiger partial charge in [0, 0.05) is 12.6 Å². The van der Waals surface area contributed by atoms with Crippen molar-refractivity contribution in [3.05, 3.63) is 29.8 Å². The normalized spacial score (nSPS) is 10.5. The number of hydrogen-bond acceptors (Lipinski definition) is 1. The lowest BCUT2D eigenvalue weighted by molar-refractivity contribution is 0.253. The van der Waals surface area contributed by atoms with Crippen molar-refractivity contribution in [2.75, 3.05) is 11.4 Å². The topological polar surface area (TPSA) is 46.3 Å². The number of nitrogens with two attached hydrogens (primary N) is 1. The summed E-state index contributed by atoms with van der Waals surface area (Å²) in [5.41, 5.74) is 5.27. The molecule has 5 heteroatoms. The smallest absolute Gasteiger partial charge is 0.319 e. The summed E-state index contributed by atoms with van der Waals surface area (Å²) in [6, 6.07) is 2.39. The van der Waals surface area contributed by atoms with Crippen molar-refractivity contribution in [2.45, 2.75) is 39.0 Å². The number of rotatable bonds is 7. The summed E-state index contributed by atoms with van der Waals surface area (Å²) in [5.74, 6) is -1.44.